The Bertz CT molecular complexity index is 841. The number of hydrogen-bond acceptors (Lipinski definition) is 6. The molecule has 0 saturated heterocycles. The molecule has 27 heavy (non-hydrogen) atoms. The van der Waals surface area contributed by atoms with Gasteiger partial charge < -0.3 is 5.32 Å². The Labute approximate surface area is 164 Å². The van der Waals surface area contributed by atoms with Crippen molar-refractivity contribution >= 4 is 23.0 Å². The van der Waals surface area contributed by atoms with Crippen molar-refractivity contribution in [1.82, 2.24) is 19.9 Å². The van der Waals surface area contributed by atoms with E-state index < -0.39 is 0 Å². The molecule has 0 amide bonds. The van der Waals surface area contributed by atoms with Gasteiger partial charge in [0.25, 0.3) is 0 Å². The molecule has 140 valence electrons. The van der Waals surface area contributed by atoms with Crippen LogP contribution in [0.15, 0.2) is 48.1 Å². The summed E-state index contributed by atoms with van der Waals surface area (Å²) in [5, 5.41) is 6.18. The van der Waals surface area contributed by atoms with E-state index in [1.54, 1.807) is 17.5 Å². The third kappa shape index (κ3) is 4.70. The lowest BCUT2D eigenvalue weighted by atomic mass is 9.94. The van der Waals surface area contributed by atoms with Crippen LogP contribution in [0.25, 0.3) is 10.7 Å². The summed E-state index contributed by atoms with van der Waals surface area (Å²) in [4.78, 5) is 16.0. The summed E-state index contributed by atoms with van der Waals surface area (Å²) in [6.07, 6.45) is 10.5. The van der Waals surface area contributed by atoms with Gasteiger partial charge in [-0.15, -0.1) is 11.3 Å². The Hall–Kier alpha value is -2.31. The fraction of sp³-hybridized carbons (Fsp3) is 0.381. The highest BCUT2D eigenvalue weighted by molar-refractivity contribution is 7.13. The number of anilines is 2. The maximum atomic E-state index is 4.63. The van der Waals surface area contributed by atoms with Crippen molar-refractivity contribution in [2.24, 2.45) is 0 Å². The molecular formula is C21H25N5S. The number of pyridine rings is 2. The lowest BCUT2D eigenvalue weighted by Crippen LogP contribution is -2.32. The van der Waals surface area contributed by atoms with E-state index in [0.29, 0.717) is 6.04 Å². The summed E-state index contributed by atoms with van der Waals surface area (Å²) in [5.41, 5.74) is 2.12. The van der Waals surface area contributed by atoms with Crippen molar-refractivity contribution in [3.05, 3.63) is 53.7 Å². The highest BCUT2D eigenvalue weighted by Crippen LogP contribution is 2.24. The molecular weight excluding hydrogens is 354 g/mol. The molecule has 6 heteroatoms. The van der Waals surface area contributed by atoms with E-state index in [0.717, 1.165) is 28.9 Å². The van der Waals surface area contributed by atoms with Gasteiger partial charge in [-0.25, -0.2) is 15.0 Å². The summed E-state index contributed by atoms with van der Waals surface area (Å²) < 4.78 is 0. The van der Waals surface area contributed by atoms with E-state index in [4.69, 9.17) is 0 Å². The van der Waals surface area contributed by atoms with Crippen LogP contribution < -0.4 is 5.32 Å². The predicted molar refractivity (Wildman–Crippen MR) is 111 cm³/mol. The van der Waals surface area contributed by atoms with Crippen LogP contribution in [0.1, 0.15) is 37.7 Å². The second kappa shape index (κ2) is 8.59. The molecule has 0 aromatic carbocycles. The second-order valence-electron chi connectivity index (χ2n) is 7.13. The van der Waals surface area contributed by atoms with Gasteiger partial charge in [0, 0.05) is 30.4 Å². The van der Waals surface area contributed by atoms with E-state index in [9.17, 15) is 0 Å². The average Bonchev–Trinajstić information content (AvgIpc) is 3.25. The summed E-state index contributed by atoms with van der Waals surface area (Å²) in [7, 11) is 2.23. The molecule has 0 bridgehead atoms. The number of thiazole rings is 1. The SMILES string of the molecule is CN(Cc1ccc(Nc2cccc(-c3nccs3)n2)nc1)C1CCCCC1. The van der Waals surface area contributed by atoms with Gasteiger partial charge >= 0.3 is 0 Å². The third-order valence-corrected chi connectivity index (χ3v) is 5.91. The number of nitrogens with zero attached hydrogens (tertiary/aromatic N) is 4. The van der Waals surface area contributed by atoms with Gasteiger partial charge in [-0.3, -0.25) is 4.90 Å². The van der Waals surface area contributed by atoms with Gasteiger partial charge in [0.15, 0.2) is 0 Å². The van der Waals surface area contributed by atoms with Crippen molar-refractivity contribution in [2.45, 2.75) is 44.7 Å². The summed E-state index contributed by atoms with van der Waals surface area (Å²) in [6, 6.07) is 10.8. The lowest BCUT2D eigenvalue weighted by Gasteiger charge is -2.31. The van der Waals surface area contributed by atoms with Crippen LogP contribution in [0, 0.1) is 0 Å². The first-order valence-electron chi connectivity index (χ1n) is 9.57. The van der Waals surface area contributed by atoms with Crippen molar-refractivity contribution in [3.8, 4) is 10.7 Å². The standard InChI is InChI=1S/C21H25N5S/c1-26(17-6-3-2-4-7-17)15-16-10-11-19(23-14-16)25-20-9-5-8-18(24-20)21-22-12-13-27-21/h5,8-14,17H,2-4,6-7,15H2,1H3,(H,23,24,25). The fourth-order valence-corrected chi connectivity index (χ4v) is 4.24. The molecule has 5 nitrogen and oxygen atoms in total. The molecule has 0 spiro atoms. The first kappa shape index (κ1) is 18.1. The number of nitrogens with one attached hydrogen (secondary N) is 1. The first-order valence-corrected chi connectivity index (χ1v) is 10.4. The first-order chi connectivity index (χ1) is 13.3. The molecule has 3 aromatic rings. The average molecular weight is 380 g/mol. The minimum Gasteiger partial charge on any atom is -0.325 e. The van der Waals surface area contributed by atoms with Crippen LogP contribution in [0.3, 0.4) is 0 Å². The van der Waals surface area contributed by atoms with Crippen LogP contribution in [-0.2, 0) is 6.54 Å². The van der Waals surface area contributed by atoms with Gasteiger partial charge in [-0.1, -0.05) is 31.4 Å². The maximum Gasteiger partial charge on any atom is 0.141 e. The van der Waals surface area contributed by atoms with E-state index in [1.165, 1.54) is 37.7 Å². The predicted octanol–water partition coefficient (Wildman–Crippen LogP) is 5.11. The van der Waals surface area contributed by atoms with Gasteiger partial charge in [0.05, 0.1) is 0 Å². The highest BCUT2D eigenvalue weighted by Gasteiger charge is 2.18. The second-order valence-corrected chi connectivity index (χ2v) is 8.02. The van der Waals surface area contributed by atoms with Crippen molar-refractivity contribution < 1.29 is 0 Å². The highest BCUT2D eigenvalue weighted by atomic mass is 32.1. The minimum absolute atomic E-state index is 0.717. The summed E-state index contributed by atoms with van der Waals surface area (Å²) >= 11 is 1.59. The zero-order chi connectivity index (χ0) is 18.5. The van der Waals surface area contributed by atoms with Crippen molar-refractivity contribution in [3.63, 3.8) is 0 Å². The van der Waals surface area contributed by atoms with Crippen LogP contribution in [0.2, 0.25) is 0 Å². The molecule has 3 heterocycles. The Morgan fingerprint density at radius 3 is 2.70 bits per heavy atom. The Balaban J connectivity index is 1.38. The van der Waals surface area contributed by atoms with E-state index in [2.05, 4.69) is 38.3 Å². The molecule has 1 saturated carbocycles. The van der Waals surface area contributed by atoms with Crippen LogP contribution in [0.4, 0.5) is 11.6 Å². The Kier molecular flexibility index (Phi) is 5.75. The van der Waals surface area contributed by atoms with Gasteiger partial charge in [0.1, 0.15) is 22.3 Å². The Morgan fingerprint density at radius 1 is 1.07 bits per heavy atom. The van der Waals surface area contributed by atoms with Crippen LogP contribution >= 0.6 is 11.3 Å². The molecule has 0 radical (unpaired) electrons. The largest absolute Gasteiger partial charge is 0.325 e. The molecule has 3 aromatic heterocycles. The van der Waals surface area contributed by atoms with E-state index in [1.807, 2.05) is 35.8 Å². The zero-order valence-electron chi connectivity index (χ0n) is 15.6. The topological polar surface area (TPSA) is 53.9 Å². The number of aromatic nitrogens is 3. The molecule has 1 aliphatic rings. The van der Waals surface area contributed by atoms with Crippen molar-refractivity contribution in [1.29, 1.82) is 0 Å². The van der Waals surface area contributed by atoms with Gasteiger partial charge in [-0.05, 0) is 43.7 Å². The molecule has 1 fully saturated rings. The maximum absolute atomic E-state index is 4.63. The Morgan fingerprint density at radius 2 is 1.96 bits per heavy atom. The minimum atomic E-state index is 0.717. The van der Waals surface area contributed by atoms with Gasteiger partial charge in [-0.2, -0.15) is 0 Å². The fourth-order valence-electron chi connectivity index (χ4n) is 3.64. The number of hydrogen-bond donors (Lipinski definition) is 1. The molecule has 0 atom stereocenters. The number of rotatable bonds is 6. The third-order valence-electron chi connectivity index (χ3n) is 5.11. The smallest absolute Gasteiger partial charge is 0.141 e. The molecule has 1 N–H and O–H groups in total. The molecule has 0 unspecified atom stereocenters. The summed E-state index contributed by atoms with van der Waals surface area (Å²) in [6.45, 7) is 0.954. The normalized spacial score (nSPS) is 15.2. The monoisotopic (exact) mass is 379 g/mol. The van der Waals surface area contributed by atoms with E-state index in [-0.39, 0.29) is 0 Å². The molecule has 0 aliphatic heterocycles. The lowest BCUT2D eigenvalue weighted by molar-refractivity contribution is 0.184. The van der Waals surface area contributed by atoms with Gasteiger partial charge in [0.2, 0.25) is 0 Å². The quantitative estimate of drug-likeness (QED) is 0.645. The summed E-state index contributed by atoms with van der Waals surface area (Å²) in [5.74, 6) is 1.59. The van der Waals surface area contributed by atoms with Crippen molar-refractivity contribution in [2.75, 3.05) is 12.4 Å². The van der Waals surface area contributed by atoms with Crippen LogP contribution in [-0.4, -0.2) is 32.9 Å². The molecule has 1 aliphatic carbocycles. The van der Waals surface area contributed by atoms with E-state index >= 15 is 0 Å². The zero-order valence-corrected chi connectivity index (χ0v) is 16.5. The van der Waals surface area contributed by atoms with Crippen LogP contribution in [0.5, 0.6) is 0 Å². The molecule has 4 rings (SSSR count).